The molecule has 4 nitrogen and oxygen atoms in total. The molecule has 0 aromatic heterocycles. The van der Waals surface area contributed by atoms with Crippen LogP contribution in [0.25, 0.3) is 6.08 Å². The first-order valence-electron chi connectivity index (χ1n) is 10.1. The Kier molecular flexibility index (Phi) is 7.68. The number of ether oxygens (including phenoxy) is 1. The van der Waals surface area contributed by atoms with E-state index in [-0.39, 0.29) is 6.42 Å². The lowest BCUT2D eigenvalue weighted by molar-refractivity contribution is -0.137. The van der Waals surface area contributed by atoms with Gasteiger partial charge < -0.3 is 9.84 Å². The first-order valence-corrected chi connectivity index (χ1v) is 10.1. The number of aryl methyl sites for hydroxylation is 1. The molecule has 0 aliphatic carbocycles. The molecular weight excluding hydrogens is 350 g/mol. The highest BCUT2D eigenvalue weighted by atomic mass is 16.5. The highest BCUT2D eigenvalue weighted by Gasteiger charge is 2.15. The van der Waals surface area contributed by atoms with E-state index in [4.69, 9.17) is 9.84 Å². The molecular formula is C24H29NO3. The Morgan fingerprint density at radius 2 is 1.89 bits per heavy atom. The summed E-state index contributed by atoms with van der Waals surface area (Å²) >= 11 is 0. The number of hydrogen-bond donors (Lipinski definition) is 1. The predicted molar refractivity (Wildman–Crippen MR) is 113 cm³/mol. The molecule has 1 heterocycles. The van der Waals surface area contributed by atoms with E-state index in [2.05, 4.69) is 47.4 Å². The van der Waals surface area contributed by atoms with Crippen molar-refractivity contribution in [3.8, 4) is 5.75 Å². The van der Waals surface area contributed by atoms with E-state index in [1.165, 1.54) is 16.7 Å². The Labute approximate surface area is 167 Å². The van der Waals surface area contributed by atoms with Gasteiger partial charge in [0.1, 0.15) is 5.75 Å². The fourth-order valence-corrected chi connectivity index (χ4v) is 3.54. The monoisotopic (exact) mass is 379 g/mol. The fourth-order valence-electron chi connectivity index (χ4n) is 3.54. The summed E-state index contributed by atoms with van der Waals surface area (Å²) in [7, 11) is 0. The largest absolute Gasteiger partial charge is 0.494 e. The Bertz CT molecular complexity index is 768. The van der Waals surface area contributed by atoms with Crippen molar-refractivity contribution in [3.05, 3.63) is 71.3 Å². The van der Waals surface area contributed by atoms with Crippen LogP contribution in [-0.2, 0) is 11.2 Å². The van der Waals surface area contributed by atoms with Crippen molar-refractivity contribution < 1.29 is 14.6 Å². The van der Waals surface area contributed by atoms with E-state index in [0.29, 0.717) is 13.2 Å². The molecule has 0 unspecified atom stereocenters. The van der Waals surface area contributed by atoms with Gasteiger partial charge in [0.15, 0.2) is 0 Å². The van der Waals surface area contributed by atoms with Crippen LogP contribution >= 0.6 is 0 Å². The van der Waals surface area contributed by atoms with Gasteiger partial charge in [-0.15, -0.1) is 0 Å². The van der Waals surface area contributed by atoms with Crippen LogP contribution in [0.15, 0.2) is 60.2 Å². The smallest absolute Gasteiger partial charge is 0.304 e. The number of carbonyl (C=O) groups is 1. The minimum atomic E-state index is -0.726. The topological polar surface area (TPSA) is 49.8 Å². The molecule has 0 saturated carbocycles. The molecule has 2 aromatic carbocycles. The van der Waals surface area contributed by atoms with Crippen molar-refractivity contribution in [1.29, 1.82) is 0 Å². The lowest BCUT2D eigenvalue weighted by Gasteiger charge is -2.28. The molecule has 0 atom stereocenters. The van der Waals surface area contributed by atoms with Crippen LogP contribution < -0.4 is 4.74 Å². The number of hydrogen-bond acceptors (Lipinski definition) is 3. The van der Waals surface area contributed by atoms with Gasteiger partial charge in [-0.3, -0.25) is 9.69 Å². The third kappa shape index (κ3) is 6.86. The van der Waals surface area contributed by atoms with Gasteiger partial charge in [0.25, 0.3) is 0 Å². The lowest BCUT2D eigenvalue weighted by Crippen LogP contribution is -2.33. The van der Waals surface area contributed by atoms with Gasteiger partial charge in [-0.1, -0.05) is 54.1 Å². The summed E-state index contributed by atoms with van der Waals surface area (Å²) in [5, 5.41) is 8.85. The molecule has 1 fully saturated rings. The van der Waals surface area contributed by atoms with Crippen LogP contribution in [0.5, 0.6) is 5.75 Å². The highest BCUT2D eigenvalue weighted by molar-refractivity contribution is 5.66. The van der Waals surface area contributed by atoms with E-state index < -0.39 is 5.97 Å². The van der Waals surface area contributed by atoms with Gasteiger partial charge in [0.05, 0.1) is 13.0 Å². The van der Waals surface area contributed by atoms with E-state index >= 15 is 0 Å². The second kappa shape index (κ2) is 10.7. The zero-order valence-electron chi connectivity index (χ0n) is 16.3. The van der Waals surface area contributed by atoms with E-state index in [0.717, 1.165) is 44.5 Å². The Balaban J connectivity index is 1.44. The minimum Gasteiger partial charge on any atom is -0.494 e. The third-order valence-corrected chi connectivity index (χ3v) is 5.01. The summed E-state index contributed by atoms with van der Waals surface area (Å²) in [6, 6.07) is 18.7. The van der Waals surface area contributed by atoms with E-state index in [1.807, 2.05) is 18.2 Å². The number of carboxylic acid groups (broad SMARTS) is 1. The van der Waals surface area contributed by atoms with Crippen molar-refractivity contribution in [3.63, 3.8) is 0 Å². The molecule has 148 valence electrons. The maximum absolute atomic E-state index is 10.8. The second-order valence-electron chi connectivity index (χ2n) is 7.33. The molecule has 0 amide bonds. The number of rotatable bonds is 9. The van der Waals surface area contributed by atoms with Crippen LogP contribution in [0, 0.1) is 0 Å². The molecule has 0 bridgehead atoms. The number of benzene rings is 2. The molecule has 1 saturated heterocycles. The first-order chi connectivity index (χ1) is 13.7. The van der Waals surface area contributed by atoms with Gasteiger partial charge in [0.2, 0.25) is 0 Å². The van der Waals surface area contributed by atoms with Gasteiger partial charge in [-0.05, 0) is 55.5 Å². The second-order valence-corrected chi connectivity index (χ2v) is 7.33. The van der Waals surface area contributed by atoms with Gasteiger partial charge in [-0.25, -0.2) is 0 Å². The summed E-state index contributed by atoms with van der Waals surface area (Å²) in [6.45, 7) is 3.20. The van der Waals surface area contributed by atoms with Gasteiger partial charge in [-0.2, -0.15) is 0 Å². The van der Waals surface area contributed by atoms with Crippen LogP contribution in [0.3, 0.4) is 0 Å². The van der Waals surface area contributed by atoms with Crippen molar-refractivity contribution in [2.45, 2.75) is 32.1 Å². The maximum atomic E-state index is 10.8. The third-order valence-electron chi connectivity index (χ3n) is 5.01. The molecule has 0 spiro atoms. The lowest BCUT2D eigenvalue weighted by atomic mass is 10.0. The van der Waals surface area contributed by atoms with Gasteiger partial charge in [0, 0.05) is 13.1 Å². The standard InChI is InChI=1S/C24H29NO3/c26-24(27)14-16-25-15-4-8-22(19-25)18-21-10-12-23(13-11-21)28-17-5-9-20-6-2-1-3-7-20/h1-3,6-7,10-13,18H,4-5,8-9,14-17,19H2,(H,26,27)/b22-18-. The van der Waals surface area contributed by atoms with Gasteiger partial charge >= 0.3 is 5.97 Å². The van der Waals surface area contributed by atoms with Crippen LogP contribution in [0.4, 0.5) is 0 Å². The van der Waals surface area contributed by atoms with Crippen molar-refractivity contribution in [1.82, 2.24) is 4.90 Å². The van der Waals surface area contributed by atoms with Crippen LogP contribution in [-0.4, -0.2) is 42.2 Å². The summed E-state index contributed by atoms with van der Waals surface area (Å²) in [6.07, 6.45) is 6.65. The molecule has 1 aliphatic heterocycles. The van der Waals surface area contributed by atoms with E-state index in [9.17, 15) is 4.79 Å². The molecule has 2 aromatic rings. The molecule has 3 rings (SSSR count). The average molecular weight is 380 g/mol. The maximum Gasteiger partial charge on any atom is 0.304 e. The number of piperidine rings is 1. The zero-order chi connectivity index (χ0) is 19.6. The molecule has 1 N–H and O–H groups in total. The Hall–Kier alpha value is -2.59. The molecule has 0 radical (unpaired) electrons. The number of nitrogens with zero attached hydrogens (tertiary/aromatic N) is 1. The van der Waals surface area contributed by atoms with Crippen LogP contribution in [0.2, 0.25) is 0 Å². The summed E-state index contributed by atoms with van der Waals surface area (Å²) in [4.78, 5) is 13.0. The van der Waals surface area contributed by atoms with Crippen molar-refractivity contribution in [2.75, 3.05) is 26.2 Å². The normalized spacial score (nSPS) is 16.2. The fraction of sp³-hybridized carbons (Fsp3) is 0.375. The summed E-state index contributed by atoms with van der Waals surface area (Å²) in [5.41, 5.74) is 3.89. The number of likely N-dealkylation sites (tertiary alicyclic amines) is 1. The first kappa shape index (κ1) is 20.2. The molecule has 28 heavy (non-hydrogen) atoms. The SMILES string of the molecule is O=C(O)CCN1CCC/C(=C/c2ccc(OCCCc3ccccc3)cc2)C1. The quantitative estimate of drug-likeness (QED) is 0.644. The molecule has 4 heteroatoms. The Morgan fingerprint density at radius 1 is 1.11 bits per heavy atom. The van der Waals surface area contributed by atoms with E-state index in [1.54, 1.807) is 0 Å². The highest BCUT2D eigenvalue weighted by Crippen LogP contribution is 2.20. The average Bonchev–Trinajstić information content (AvgIpc) is 2.72. The number of carboxylic acids is 1. The predicted octanol–water partition coefficient (Wildman–Crippen LogP) is 4.65. The zero-order valence-corrected chi connectivity index (χ0v) is 16.3. The van der Waals surface area contributed by atoms with Crippen molar-refractivity contribution in [2.24, 2.45) is 0 Å². The number of aliphatic carboxylic acids is 1. The van der Waals surface area contributed by atoms with Crippen molar-refractivity contribution >= 4 is 12.0 Å². The summed E-state index contributed by atoms with van der Waals surface area (Å²) < 4.78 is 5.86. The molecule has 1 aliphatic rings. The summed E-state index contributed by atoms with van der Waals surface area (Å²) in [5.74, 6) is 0.178. The van der Waals surface area contributed by atoms with Crippen LogP contribution in [0.1, 0.15) is 36.8 Å². The Morgan fingerprint density at radius 3 is 2.64 bits per heavy atom. The minimum absolute atomic E-state index is 0.212.